The number of likely N-dealkylation sites (tertiary alicyclic amines) is 1. The molecule has 1 fully saturated rings. The molecule has 2 heterocycles. The Labute approximate surface area is 148 Å². The highest BCUT2D eigenvalue weighted by Crippen LogP contribution is 2.15. The second-order valence-electron chi connectivity index (χ2n) is 7.03. The van der Waals surface area contributed by atoms with Gasteiger partial charge in [0.2, 0.25) is 5.91 Å². The number of aliphatic hydroxyl groups is 1. The number of carbonyl (C=O) groups is 2. The van der Waals surface area contributed by atoms with Crippen LogP contribution in [0.3, 0.4) is 0 Å². The van der Waals surface area contributed by atoms with Crippen LogP contribution in [0.25, 0.3) is 0 Å². The lowest BCUT2D eigenvalue weighted by Crippen LogP contribution is -2.51. The average molecular weight is 348 g/mol. The zero-order chi connectivity index (χ0) is 18.4. The van der Waals surface area contributed by atoms with Gasteiger partial charge in [-0.1, -0.05) is 19.9 Å². The number of hydrogen-bond acceptors (Lipinski definition) is 5. The molecule has 0 bridgehead atoms. The molecule has 1 aromatic heterocycles. The minimum absolute atomic E-state index is 0.166. The van der Waals surface area contributed by atoms with Crippen LogP contribution in [-0.4, -0.2) is 58.1 Å². The quantitative estimate of drug-likeness (QED) is 0.719. The van der Waals surface area contributed by atoms with Crippen molar-refractivity contribution in [2.45, 2.75) is 51.3 Å². The van der Waals surface area contributed by atoms with Crippen LogP contribution >= 0.6 is 0 Å². The van der Waals surface area contributed by atoms with Crippen molar-refractivity contribution < 1.29 is 14.7 Å². The molecule has 25 heavy (non-hydrogen) atoms. The Morgan fingerprint density at radius 3 is 2.84 bits per heavy atom. The van der Waals surface area contributed by atoms with Gasteiger partial charge in [0.1, 0.15) is 5.69 Å². The Kier molecular flexibility index (Phi) is 6.90. The molecule has 0 saturated carbocycles. The molecule has 4 N–H and O–H groups in total. The lowest BCUT2D eigenvalue weighted by atomic mass is 10.0. The van der Waals surface area contributed by atoms with Gasteiger partial charge < -0.3 is 21.1 Å². The van der Waals surface area contributed by atoms with E-state index >= 15 is 0 Å². The van der Waals surface area contributed by atoms with E-state index in [1.165, 1.54) is 0 Å². The van der Waals surface area contributed by atoms with Crippen molar-refractivity contribution in [2.75, 3.05) is 13.1 Å². The third-order valence-electron chi connectivity index (χ3n) is 4.38. The van der Waals surface area contributed by atoms with Crippen molar-refractivity contribution in [2.24, 2.45) is 11.7 Å². The number of nitrogens with one attached hydrogen (secondary N) is 1. The van der Waals surface area contributed by atoms with Crippen LogP contribution in [0, 0.1) is 5.92 Å². The number of aliphatic hydroxyl groups excluding tert-OH is 1. The number of aromatic nitrogens is 1. The van der Waals surface area contributed by atoms with Crippen molar-refractivity contribution in [1.29, 1.82) is 0 Å². The van der Waals surface area contributed by atoms with Gasteiger partial charge in [-0.25, -0.2) is 0 Å². The summed E-state index contributed by atoms with van der Waals surface area (Å²) >= 11 is 0. The Balaban J connectivity index is 1.95. The molecular formula is C18H28N4O3. The van der Waals surface area contributed by atoms with Gasteiger partial charge in [0.15, 0.2) is 0 Å². The molecule has 1 aliphatic rings. The highest BCUT2D eigenvalue weighted by atomic mass is 16.3. The Morgan fingerprint density at radius 1 is 1.44 bits per heavy atom. The summed E-state index contributed by atoms with van der Waals surface area (Å²) in [5, 5.41) is 13.3. The van der Waals surface area contributed by atoms with Gasteiger partial charge in [0.05, 0.1) is 18.2 Å². The molecule has 3 atom stereocenters. The lowest BCUT2D eigenvalue weighted by molar-refractivity contribution is -0.124. The average Bonchev–Trinajstić information content (AvgIpc) is 2.76. The number of β-amino-alcohol motifs (C(OH)–C–C–N with tert-alkyl or cyclic N) is 1. The second-order valence-corrected chi connectivity index (χ2v) is 7.03. The first-order valence-electron chi connectivity index (χ1n) is 8.82. The first kappa shape index (κ1) is 19.3. The SMILES string of the molecule is CC(C)C[C@H](N)C(=O)NC1CCCN(C(=O)c2ccccn2)CC1O. The van der Waals surface area contributed by atoms with Crippen LogP contribution in [0.2, 0.25) is 0 Å². The highest BCUT2D eigenvalue weighted by molar-refractivity contribution is 5.92. The fourth-order valence-electron chi connectivity index (χ4n) is 3.05. The first-order chi connectivity index (χ1) is 11.9. The van der Waals surface area contributed by atoms with E-state index in [1.54, 1.807) is 29.3 Å². The van der Waals surface area contributed by atoms with E-state index in [1.807, 2.05) is 13.8 Å². The molecule has 2 amide bonds. The number of nitrogens with two attached hydrogens (primary N) is 1. The minimum atomic E-state index is -0.828. The monoisotopic (exact) mass is 348 g/mol. The van der Waals surface area contributed by atoms with E-state index < -0.39 is 18.2 Å². The first-order valence-corrected chi connectivity index (χ1v) is 8.82. The summed E-state index contributed by atoms with van der Waals surface area (Å²) in [5.74, 6) is -0.128. The molecule has 2 rings (SSSR count). The number of hydrogen-bond donors (Lipinski definition) is 3. The molecule has 1 saturated heterocycles. The van der Waals surface area contributed by atoms with Crippen LogP contribution in [-0.2, 0) is 4.79 Å². The highest BCUT2D eigenvalue weighted by Gasteiger charge is 2.30. The summed E-state index contributed by atoms with van der Waals surface area (Å²) in [5.41, 5.74) is 6.26. The minimum Gasteiger partial charge on any atom is -0.389 e. The Bertz CT molecular complexity index is 579. The summed E-state index contributed by atoms with van der Waals surface area (Å²) in [6.07, 6.45) is 2.64. The van der Waals surface area contributed by atoms with Crippen LogP contribution in [0.5, 0.6) is 0 Å². The number of carbonyl (C=O) groups excluding carboxylic acids is 2. The fourth-order valence-corrected chi connectivity index (χ4v) is 3.05. The van der Waals surface area contributed by atoms with Gasteiger partial charge in [-0.2, -0.15) is 0 Å². The zero-order valence-corrected chi connectivity index (χ0v) is 14.9. The Hall–Kier alpha value is -1.99. The van der Waals surface area contributed by atoms with Gasteiger partial charge in [-0.3, -0.25) is 14.6 Å². The van der Waals surface area contributed by atoms with Crippen molar-refractivity contribution in [3.8, 4) is 0 Å². The van der Waals surface area contributed by atoms with Crippen LogP contribution in [0.4, 0.5) is 0 Å². The van der Waals surface area contributed by atoms with Gasteiger partial charge in [-0.05, 0) is 37.3 Å². The van der Waals surface area contributed by atoms with Crippen molar-refractivity contribution >= 4 is 11.8 Å². The third-order valence-corrected chi connectivity index (χ3v) is 4.38. The molecule has 0 aliphatic carbocycles. The van der Waals surface area contributed by atoms with Gasteiger partial charge in [0.25, 0.3) is 5.91 Å². The van der Waals surface area contributed by atoms with Crippen LogP contribution < -0.4 is 11.1 Å². The zero-order valence-electron chi connectivity index (χ0n) is 14.9. The Morgan fingerprint density at radius 2 is 2.20 bits per heavy atom. The number of amides is 2. The summed E-state index contributed by atoms with van der Waals surface area (Å²) < 4.78 is 0. The van der Waals surface area contributed by atoms with Gasteiger partial charge >= 0.3 is 0 Å². The second kappa shape index (κ2) is 8.92. The largest absolute Gasteiger partial charge is 0.389 e. The van der Waals surface area contributed by atoms with Crippen molar-refractivity contribution in [1.82, 2.24) is 15.2 Å². The van der Waals surface area contributed by atoms with Crippen LogP contribution in [0.1, 0.15) is 43.6 Å². The molecule has 0 spiro atoms. The van der Waals surface area contributed by atoms with E-state index in [0.29, 0.717) is 37.4 Å². The van der Waals surface area contributed by atoms with Crippen molar-refractivity contribution in [3.05, 3.63) is 30.1 Å². The summed E-state index contributed by atoms with van der Waals surface area (Å²) in [4.78, 5) is 30.4. The van der Waals surface area contributed by atoms with E-state index in [-0.39, 0.29) is 18.4 Å². The standard InChI is InChI=1S/C18H28N4O3/c1-12(2)10-13(19)17(24)21-14-7-5-9-22(11-16(14)23)18(25)15-6-3-4-8-20-15/h3-4,6,8,12-14,16,23H,5,7,9-11,19H2,1-2H3,(H,21,24)/t13-,14?,16?/m0/s1. The maximum atomic E-state index is 12.5. The maximum absolute atomic E-state index is 12.5. The smallest absolute Gasteiger partial charge is 0.272 e. The fraction of sp³-hybridized carbons (Fsp3) is 0.611. The van der Waals surface area contributed by atoms with Crippen molar-refractivity contribution in [3.63, 3.8) is 0 Å². The molecule has 0 aromatic carbocycles. The van der Waals surface area contributed by atoms with Gasteiger partial charge in [-0.15, -0.1) is 0 Å². The summed E-state index contributed by atoms with van der Waals surface area (Å²) in [7, 11) is 0. The normalized spacial score (nSPS) is 22.4. The lowest BCUT2D eigenvalue weighted by Gasteiger charge is -2.26. The molecule has 138 valence electrons. The van der Waals surface area contributed by atoms with Crippen LogP contribution in [0.15, 0.2) is 24.4 Å². The molecule has 7 heteroatoms. The molecule has 1 aliphatic heterocycles. The maximum Gasteiger partial charge on any atom is 0.272 e. The van der Waals surface area contributed by atoms with E-state index in [4.69, 9.17) is 5.73 Å². The number of rotatable bonds is 5. The summed E-state index contributed by atoms with van der Waals surface area (Å²) in [6, 6.07) is 4.19. The third kappa shape index (κ3) is 5.51. The number of nitrogens with zero attached hydrogens (tertiary/aromatic N) is 2. The summed E-state index contributed by atoms with van der Waals surface area (Å²) in [6.45, 7) is 4.71. The topological polar surface area (TPSA) is 109 Å². The van der Waals surface area contributed by atoms with E-state index in [9.17, 15) is 14.7 Å². The van der Waals surface area contributed by atoms with Gasteiger partial charge in [0, 0.05) is 19.3 Å². The molecule has 2 unspecified atom stereocenters. The molecule has 0 radical (unpaired) electrons. The molecule has 1 aromatic rings. The number of pyridine rings is 1. The molecule has 7 nitrogen and oxygen atoms in total. The van der Waals surface area contributed by atoms with E-state index in [0.717, 1.165) is 0 Å². The van der Waals surface area contributed by atoms with E-state index in [2.05, 4.69) is 10.3 Å². The predicted molar refractivity (Wildman–Crippen MR) is 94.7 cm³/mol. The predicted octanol–water partition coefficient (Wildman–Crippen LogP) is 0.537. The molecular weight excluding hydrogens is 320 g/mol.